The van der Waals surface area contributed by atoms with Crippen LogP contribution in [0.15, 0.2) is 36.5 Å². The van der Waals surface area contributed by atoms with Gasteiger partial charge in [-0.3, -0.25) is 4.90 Å². The van der Waals surface area contributed by atoms with Crippen LogP contribution in [-0.2, 0) is 6.54 Å². The fourth-order valence-corrected chi connectivity index (χ4v) is 2.86. The van der Waals surface area contributed by atoms with E-state index in [-0.39, 0.29) is 30.1 Å². The molecule has 1 aliphatic heterocycles. The van der Waals surface area contributed by atoms with E-state index in [0.29, 0.717) is 13.1 Å². The third kappa shape index (κ3) is 4.28. The summed E-state index contributed by atoms with van der Waals surface area (Å²) in [6, 6.07) is 8.11. The van der Waals surface area contributed by atoms with Crippen molar-refractivity contribution in [3.05, 3.63) is 58.0 Å². The molecule has 0 bridgehead atoms. The van der Waals surface area contributed by atoms with Crippen LogP contribution in [-0.4, -0.2) is 45.8 Å². The Morgan fingerprint density at radius 2 is 2.21 bits per heavy atom. The van der Waals surface area contributed by atoms with Crippen molar-refractivity contribution >= 4 is 18.2 Å². The topological polar surface area (TPSA) is 76.2 Å². The first kappa shape index (κ1) is 18.3. The van der Waals surface area contributed by atoms with Gasteiger partial charge in [-0.1, -0.05) is 12.1 Å². The molecule has 1 fully saturated rings. The van der Waals surface area contributed by atoms with Gasteiger partial charge in [0.2, 0.25) is 0 Å². The zero-order valence-electron chi connectivity index (χ0n) is 13.0. The minimum Gasteiger partial charge on any atom is -0.358 e. The number of nitrogens with zero attached hydrogens (tertiary/aromatic N) is 4. The average Bonchev–Trinajstić information content (AvgIpc) is 3.02. The van der Waals surface area contributed by atoms with E-state index in [0.717, 1.165) is 25.2 Å². The van der Waals surface area contributed by atoms with Crippen molar-refractivity contribution in [1.82, 2.24) is 20.0 Å². The molecule has 1 saturated heterocycles. The summed E-state index contributed by atoms with van der Waals surface area (Å²) in [5, 5.41) is 17.9. The van der Waals surface area contributed by atoms with Crippen molar-refractivity contribution in [3.8, 4) is 0 Å². The Morgan fingerprint density at radius 3 is 2.92 bits per heavy atom. The van der Waals surface area contributed by atoms with Gasteiger partial charge in [0.05, 0.1) is 23.9 Å². The molecule has 2 aromatic rings. The molecule has 24 heavy (non-hydrogen) atoms. The van der Waals surface area contributed by atoms with Crippen LogP contribution in [0, 0.1) is 15.9 Å². The van der Waals surface area contributed by atoms with Crippen molar-refractivity contribution in [2.45, 2.75) is 12.6 Å². The van der Waals surface area contributed by atoms with Gasteiger partial charge >= 0.3 is 5.82 Å². The maximum Gasteiger partial charge on any atom is 0.389 e. The molecule has 1 atom stereocenters. The first-order valence-corrected chi connectivity index (χ1v) is 7.51. The fraction of sp³-hybridized carbons (Fsp3) is 0.400. The SMILES string of the molecule is Cl.O=[N+]([O-])c1ccn(CCN2CCNCC2c2cccc(F)c2)n1. The molecule has 9 heteroatoms. The number of aromatic nitrogens is 2. The molecule has 7 nitrogen and oxygen atoms in total. The molecule has 1 aromatic carbocycles. The maximum atomic E-state index is 13.5. The Morgan fingerprint density at radius 1 is 1.38 bits per heavy atom. The molecule has 0 amide bonds. The van der Waals surface area contributed by atoms with Gasteiger partial charge < -0.3 is 15.4 Å². The molecule has 1 unspecified atom stereocenters. The van der Waals surface area contributed by atoms with Gasteiger partial charge in [-0.25, -0.2) is 4.39 Å². The lowest BCUT2D eigenvalue weighted by Gasteiger charge is -2.36. The Kier molecular flexibility index (Phi) is 6.24. The first-order chi connectivity index (χ1) is 11.1. The number of hydrogen-bond acceptors (Lipinski definition) is 5. The van der Waals surface area contributed by atoms with Crippen LogP contribution in [0.2, 0.25) is 0 Å². The zero-order chi connectivity index (χ0) is 16.2. The molecule has 0 spiro atoms. The Bertz CT molecular complexity index is 696. The summed E-state index contributed by atoms with van der Waals surface area (Å²) in [6.07, 6.45) is 1.61. The number of benzene rings is 1. The van der Waals surface area contributed by atoms with Crippen LogP contribution in [0.3, 0.4) is 0 Å². The van der Waals surface area contributed by atoms with E-state index in [4.69, 9.17) is 0 Å². The van der Waals surface area contributed by atoms with E-state index >= 15 is 0 Å². The number of halogens is 2. The third-order valence-corrected chi connectivity index (χ3v) is 4.02. The summed E-state index contributed by atoms with van der Waals surface area (Å²) < 4.78 is 15.0. The lowest BCUT2D eigenvalue weighted by atomic mass is 10.0. The van der Waals surface area contributed by atoms with Crippen LogP contribution in [0.5, 0.6) is 0 Å². The van der Waals surface area contributed by atoms with E-state index in [1.54, 1.807) is 23.0 Å². The van der Waals surface area contributed by atoms with Gasteiger partial charge in [0.25, 0.3) is 0 Å². The Labute approximate surface area is 145 Å². The number of hydrogen-bond donors (Lipinski definition) is 1. The van der Waals surface area contributed by atoms with Crippen LogP contribution in [0.1, 0.15) is 11.6 Å². The molecule has 130 valence electrons. The summed E-state index contributed by atoms with van der Waals surface area (Å²) in [4.78, 5) is 12.4. The zero-order valence-corrected chi connectivity index (χ0v) is 13.8. The van der Waals surface area contributed by atoms with Gasteiger partial charge in [-0.05, 0) is 22.6 Å². The molecule has 3 rings (SSSR count). The third-order valence-electron chi connectivity index (χ3n) is 4.02. The molecule has 1 N–H and O–H groups in total. The summed E-state index contributed by atoms with van der Waals surface area (Å²) in [5.74, 6) is -0.386. The van der Waals surface area contributed by atoms with Gasteiger partial charge in [-0.2, -0.15) is 4.68 Å². The Hall–Kier alpha value is -2.03. The number of piperazine rings is 1. The molecule has 0 saturated carbocycles. The maximum absolute atomic E-state index is 13.5. The molecule has 1 aromatic heterocycles. The lowest BCUT2D eigenvalue weighted by molar-refractivity contribution is -0.389. The van der Waals surface area contributed by atoms with E-state index in [1.807, 2.05) is 6.07 Å². The highest BCUT2D eigenvalue weighted by atomic mass is 35.5. The van der Waals surface area contributed by atoms with Gasteiger partial charge in [0.1, 0.15) is 5.82 Å². The summed E-state index contributed by atoms with van der Waals surface area (Å²) in [5.41, 5.74) is 0.934. The van der Waals surface area contributed by atoms with Crippen LogP contribution in [0.25, 0.3) is 0 Å². The van der Waals surface area contributed by atoms with Crippen LogP contribution in [0.4, 0.5) is 10.2 Å². The van der Waals surface area contributed by atoms with E-state index in [1.165, 1.54) is 12.1 Å². The van der Waals surface area contributed by atoms with Crippen molar-refractivity contribution in [2.24, 2.45) is 0 Å². The van der Waals surface area contributed by atoms with Gasteiger partial charge in [-0.15, -0.1) is 12.4 Å². The van der Waals surface area contributed by atoms with Gasteiger partial charge in [0.15, 0.2) is 0 Å². The summed E-state index contributed by atoms with van der Waals surface area (Å²) >= 11 is 0. The highest BCUT2D eigenvalue weighted by Gasteiger charge is 2.24. The first-order valence-electron chi connectivity index (χ1n) is 7.51. The average molecular weight is 356 g/mol. The number of nitrogens with one attached hydrogen (secondary N) is 1. The van der Waals surface area contributed by atoms with Crippen molar-refractivity contribution in [2.75, 3.05) is 26.2 Å². The molecular formula is C15H19ClFN5O2. The molecule has 2 heterocycles. The van der Waals surface area contributed by atoms with Crippen molar-refractivity contribution in [1.29, 1.82) is 0 Å². The predicted octanol–water partition coefficient (Wildman–Crippen LogP) is 2.00. The highest BCUT2D eigenvalue weighted by Crippen LogP contribution is 2.22. The van der Waals surface area contributed by atoms with Crippen molar-refractivity contribution in [3.63, 3.8) is 0 Å². The largest absolute Gasteiger partial charge is 0.389 e. The predicted molar refractivity (Wildman–Crippen MR) is 89.7 cm³/mol. The second-order valence-electron chi connectivity index (χ2n) is 5.51. The standard InChI is InChI=1S/C15H18FN5O2.ClH/c16-13-3-1-2-12(10-13)14-11-17-5-7-19(14)8-9-20-6-4-15(18-20)21(22)23;/h1-4,6,10,14,17H,5,7-9,11H2;1H. The molecular weight excluding hydrogens is 337 g/mol. The summed E-state index contributed by atoms with van der Waals surface area (Å²) in [6.45, 7) is 3.71. The molecule has 0 radical (unpaired) electrons. The second kappa shape index (κ2) is 8.18. The smallest absolute Gasteiger partial charge is 0.358 e. The monoisotopic (exact) mass is 355 g/mol. The molecule has 1 aliphatic rings. The van der Waals surface area contributed by atoms with E-state index < -0.39 is 4.92 Å². The van der Waals surface area contributed by atoms with E-state index in [2.05, 4.69) is 15.3 Å². The Balaban J connectivity index is 0.00000208. The highest BCUT2D eigenvalue weighted by molar-refractivity contribution is 5.85. The lowest BCUT2D eigenvalue weighted by Crippen LogP contribution is -2.47. The van der Waals surface area contributed by atoms with Crippen LogP contribution >= 0.6 is 12.4 Å². The van der Waals surface area contributed by atoms with Crippen LogP contribution < -0.4 is 5.32 Å². The summed E-state index contributed by atoms with van der Waals surface area (Å²) in [7, 11) is 0. The molecule has 0 aliphatic carbocycles. The fourth-order valence-electron chi connectivity index (χ4n) is 2.86. The normalized spacial score (nSPS) is 18.1. The quantitative estimate of drug-likeness (QED) is 0.655. The van der Waals surface area contributed by atoms with E-state index in [9.17, 15) is 14.5 Å². The number of rotatable bonds is 5. The second-order valence-corrected chi connectivity index (χ2v) is 5.51. The minimum absolute atomic E-state index is 0. The van der Waals surface area contributed by atoms with Crippen molar-refractivity contribution < 1.29 is 9.31 Å². The van der Waals surface area contributed by atoms with Gasteiger partial charge in [0, 0.05) is 32.2 Å². The number of nitro groups is 1. The minimum atomic E-state index is -0.503.